The summed E-state index contributed by atoms with van der Waals surface area (Å²) in [6, 6.07) is 10.9. The summed E-state index contributed by atoms with van der Waals surface area (Å²) >= 11 is 2.67. The van der Waals surface area contributed by atoms with Gasteiger partial charge in [-0.05, 0) is 55.3 Å². The Bertz CT molecular complexity index is 1700. The second kappa shape index (κ2) is 16.3. The zero-order chi connectivity index (χ0) is 34.1. The lowest BCUT2D eigenvalue weighted by atomic mass is 10.1. The van der Waals surface area contributed by atoms with E-state index < -0.39 is 11.6 Å². The second-order valence-electron chi connectivity index (χ2n) is 11.6. The van der Waals surface area contributed by atoms with Crippen molar-refractivity contribution in [1.82, 2.24) is 4.90 Å². The summed E-state index contributed by atoms with van der Waals surface area (Å²) in [6.45, 7) is 5.14. The Morgan fingerprint density at radius 1 is 0.766 bits per heavy atom. The normalized spacial score (nSPS) is 11.5. The van der Waals surface area contributed by atoms with Gasteiger partial charge in [-0.25, -0.2) is 0 Å². The largest absolute Gasteiger partial charge is 0.493 e. The number of benzene rings is 2. The predicted octanol–water partition coefficient (Wildman–Crippen LogP) is 6.28. The molecule has 2 heterocycles. The molecule has 0 aliphatic rings. The molecule has 0 saturated carbocycles. The molecule has 0 aliphatic heterocycles. The summed E-state index contributed by atoms with van der Waals surface area (Å²) < 4.78 is 30.4. The van der Waals surface area contributed by atoms with Crippen molar-refractivity contribution < 1.29 is 48.3 Å². The van der Waals surface area contributed by atoms with Crippen LogP contribution in [0.5, 0.6) is 23.0 Å². The molecule has 2 aromatic carbocycles. The Balaban J connectivity index is 1.42. The van der Waals surface area contributed by atoms with Crippen molar-refractivity contribution in [3.63, 3.8) is 0 Å². The monoisotopic (exact) mass is 687 g/mol. The third-order valence-corrected chi connectivity index (χ3v) is 9.23. The molecule has 254 valence electrons. The van der Waals surface area contributed by atoms with E-state index in [9.17, 15) is 19.5 Å². The molecule has 0 aliphatic carbocycles. The zero-order valence-electron chi connectivity index (χ0n) is 27.3. The SMILES string of the molecule is COCCCN(C)C(=O)c1cc2cc(OCCCOc3cc4cc(C(=O)CCC(=O)O)sc4cc3OC)c(OCC(C)(C)O)cc2s1. The Hall–Kier alpha value is -3.91. The van der Waals surface area contributed by atoms with Gasteiger partial charge in [-0.3, -0.25) is 14.4 Å². The molecule has 0 bridgehead atoms. The van der Waals surface area contributed by atoms with Gasteiger partial charge in [0, 0.05) is 61.7 Å². The summed E-state index contributed by atoms with van der Waals surface area (Å²) in [4.78, 5) is 39.1. The molecule has 0 saturated heterocycles. The van der Waals surface area contributed by atoms with Crippen molar-refractivity contribution in [3.8, 4) is 23.0 Å². The lowest BCUT2D eigenvalue weighted by Gasteiger charge is -2.19. The maximum absolute atomic E-state index is 13.0. The van der Waals surface area contributed by atoms with Gasteiger partial charge < -0.3 is 38.8 Å². The Morgan fingerprint density at radius 3 is 1.94 bits per heavy atom. The Morgan fingerprint density at radius 2 is 1.34 bits per heavy atom. The average molecular weight is 688 g/mol. The van der Waals surface area contributed by atoms with Gasteiger partial charge in [0.15, 0.2) is 28.8 Å². The number of amides is 1. The molecular formula is C34H41NO10S2. The number of thiophene rings is 2. The third kappa shape index (κ3) is 10.0. The molecule has 0 unspecified atom stereocenters. The number of ether oxygens (including phenoxy) is 5. The van der Waals surface area contributed by atoms with Crippen molar-refractivity contribution in [2.24, 2.45) is 0 Å². The van der Waals surface area contributed by atoms with Gasteiger partial charge in [0.25, 0.3) is 5.91 Å². The average Bonchev–Trinajstić information content (AvgIpc) is 3.64. The number of rotatable bonds is 19. The molecule has 4 aromatic rings. The third-order valence-electron chi connectivity index (χ3n) is 7.01. The zero-order valence-corrected chi connectivity index (χ0v) is 28.9. The highest BCUT2D eigenvalue weighted by molar-refractivity contribution is 7.21. The van der Waals surface area contributed by atoms with Gasteiger partial charge in [0.1, 0.15) is 6.61 Å². The van der Waals surface area contributed by atoms with Crippen LogP contribution in [-0.2, 0) is 9.53 Å². The molecule has 2 N–H and O–H groups in total. The number of fused-ring (bicyclic) bond motifs is 2. The first-order chi connectivity index (χ1) is 22.4. The van der Waals surface area contributed by atoms with Crippen molar-refractivity contribution in [3.05, 3.63) is 46.2 Å². The number of carboxylic acid groups (broad SMARTS) is 1. The molecule has 0 spiro atoms. The topological polar surface area (TPSA) is 141 Å². The van der Waals surface area contributed by atoms with Crippen LogP contribution in [0.3, 0.4) is 0 Å². The fourth-order valence-corrected chi connectivity index (χ4v) is 6.70. The molecule has 4 rings (SSSR count). The number of hydrogen-bond acceptors (Lipinski definition) is 11. The molecule has 0 fully saturated rings. The summed E-state index contributed by atoms with van der Waals surface area (Å²) in [5, 5.41) is 20.8. The number of nitrogens with zero attached hydrogens (tertiary/aromatic N) is 1. The van der Waals surface area contributed by atoms with Crippen LogP contribution in [0.1, 0.15) is 58.9 Å². The van der Waals surface area contributed by atoms with Crippen LogP contribution < -0.4 is 18.9 Å². The smallest absolute Gasteiger partial charge is 0.303 e. The van der Waals surface area contributed by atoms with E-state index in [2.05, 4.69) is 0 Å². The fraction of sp³-hybridized carbons (Fsp3) is 0.441. The van der Waals surface area contributed by atoms with E-state index in [-0.39, 0.29) is 31.1 Å². The van der Waals surface area contributed by atoms with Crippen molar-refractivity contribution in [2.45, 2.75) is 45.1 Å². The highest BCUT2D eigenvalue weighted by atomic mass is 32.1. The van der Waals surface area contributed by atoms with Gasteiger partial charge in [0.2, 0.25) is 0 Å². The van der Waals surface area contributed by atoms with E-state index in [1.165, 1.54) is 29.8 Å². The van der Waals surface area contributed by atoms with Crippen molar-refractivity contribution in [1.29, 1.82) is 0 Å². The summed E-state index contributed by atoms with van der Waals surface area (Å²) in [5.41, 5.74) is -1.06. The number of methoxy groups -OCH3 is 2. The Kier molecular flexibility index (Phi) is 12.4. The first-order valence-corrected chi connectivity index (χ1v) is 16.8. The molecule has 0 radical (unpaired) electrons. The van der Waals surface area contributed by atoms with Crippen LogP contribution >= 0.6 is 22.7 Å². The van der Waals surface area contributed by atoms with E-state index >= 15 is 0 Å². The standard InChI is InChI=1S/C34H41NO10S2/c1-34(2,40)20-45-27-19-29-22(17-31(47-29)33(39)35(3)10-6-11-41-4)15-26(27)44-13-7-12-43-25-14-21-16-30(23(36)8-9-32(37)38)46-28(21)18-24(25)42-5/h14-19,40H,6-13,20H2,1-5H3,(H,37,38). The molecule has 11 nitrogen and oxygen atoms in total. The Labute approximate surface area is 281 Å². The minimum absolute atomic E-state index is 0.0507. The molecule has 2 aromatic heterocycles. The van der Waals surface area contributed by atoms with E-state index in [1.807, 2.05) is 18.2 Å². The van der Waals surface area contributed by atoms with Crippen molar-refractivity contribution >= 4 is 60.5 Å². The number of aliphatic hydroxyl groups is 1. The predicted molar refractivity (Wildman–Crippen MR) is 182 cm³/mol. The van der Waals surface area contributed by atoms with Crippen LogP contribution in [0.15, 0.2) is 36.4 Å². The minimum Gasteiger partial charge on any atom is -0.493 e. The summed E-state index contributed by atoms with van der Waals surface area (Å²) in [6.07, 6.45) is 0.994. The quantitative estimate of drug-likeness (QED) is 0.0855. The first kappa shape index (κ1) is 35.9. The number of carbonyl (C=O) groups excluding carboxylic acids is 2. The van der Waals surface area contributed by atoms with Gasteiger partial charge in [0.05, 0.1) is 42.1 Å². The van der Waals surface area contributed by atoms with Crippen LogP contribution in [0, 0.1) is 0 Å². The summed E-state index contributed by atoms with van der Waals surface area (Å²) in [7, 11) is 4.95. The van der Waals surface area contributed by atoms with Crippen LogP contribution in [0.2, 0.25) is 0 Å². The van der Waals surface area contributed by atoms with Crippen molar-refractivity contribution in [2.75, 3.05) is 54.2 Å². The number of aliphatic carboxylic acids is 1. The van der Waals surface area contributed by atoms with E-state index in [0.29, 0.717) is 65.5 Å². The van der Waals surface area contributed by atoms with Gasteiger partial charge >= 0.3 is 5.97 Å². The van der Waals surface area contributed by atoms with E-state index in [1.54, 1.807) is 51.1 Å². The maximum Gasteiger partial charge on any atom is 0.303 e. The van der Waals surface area contributed by atoms with Gasteiger partial charge in [-0.1, -0.05) is 0 Å². The fourth-order valence-electron chi connectivity index (χ4n) is 4.59. The molecule has 13 heteroatoms. The minimum atomic E-state index is -1.06. The maximum atomic E-state index is 13.0. The number of carboxylic acids is 1. The number of ketones is 1. The van der Waals surface area contributed by atoms with Gasteiger partial charge in [-0.2, -0.15) is 0 Å². The molecule has 0 atom stereocenters. The van der Waals surface area contributed by atoms with Gasteiger partial charge in [-0.15, -0.1) is 22.7 Å². The van der Waals surface area contributed by atoms with E-state index in [0.717, 1.165) is 26.6 Å². The number of Topliss-reactive ketones (excluding diaryl/α,β-unsaturated/α-hetero) is 1. The van der Waals surface area contributed by atoms with E-state index in [4.69, 9.17) is 28.8 Å². The lowest BCUT2D eigenvalue weighted by Crippen LogP contribution is -2.28. The molecular weight excluding hydrogens is 647 g/mol. The number of hydrogen-bond donors (Lipinski definition) is 2. The summed E-state index contributed by atoms with van der Waals surface area (Å²) in [5.74, 6) is 0.692. The number of carbonyl (C=O) groups is 3. The lowest BCUT2D eigenvalue weighted by molar-refractivity contribution is -0.136. The first-order valence-electron chi connectivity index (χ1n) is 15.2. The van der Waals surface area contributed by atoms with Crippen LogP contribution in [0.4, 0.5) is 0 Å². The van der Waals surface area contributed by atoms with Crippen LogP contribution in [0.25, 0.3) is 20.2 Å². The molecule has 1 amide bonds. The highest BCUT2D eigenvalue weighted by Gasteiger charge is 2.20. The molecule has 47 heavy (non-hydrogen) atoms. The second-order valence-corrected chi connectivity index (χ2v) is 13.8. The van der Waals surface area contributed by atoms with Crippen LogP contribution in [-0.4, -0.2) is 92.6 Å². The highest BCUT2D eigenvalue weighted by Crippen LogP contribution is 2.39.